The molecule has 74 valence electrons. The minimum absolute atomic E-state index is 0.138. The van der Waals surface area contributed by atoms with Crippen LogP contribution < -0.4 is 5.73 Å². The molecule has 0 saturated heterocycles. The fraction of sp³-hybridized carbons (Fsp3) is 0.182. The Morgan fingerprint density at radius 2 is 2.14 bits per heavy atom. The second-order valence-corrected chi connectivity index (χ2v) is 3.31. The minimum atomic E-state index is -0.667. The molecule has 0 radical (unpaired) electrons. The maximum Gasteiger partial charge on any atom is 0.176 e. The molecule has 2 nitrogen and oxygen atoms in total. The fourth-order valence-electron chi connectivity index (χ4n) is 1.15. The van der Waals surface area contributed by atoms with Gasteiger partial charge in [-0.25, -0.2) is 0 Å². The molecule has 0 bridgehead atoms. The second-order valence-electron chi connectivity index (χ2n) is 2.90. The van der Waals surface area contributed by atoms with Crippen LogP contribution in [0.2, 0.25) is 5.02 Å². The van der Waals surface area contributed by atoms with Crippen molar-refractivity contribution in [2.75, 3.05) is 0 Å². The predicted molar refractivity (Wildman–Crippen MR) is 58.2 cm³/mol. The Bertz CT molecular complexity index is 360. The van der Waals surface area contributed by atoms with E-state index in [-0.39, 0.29) is 5.78 Å². The summed E-state index contributed by atoms with van der Waals surface area (Å²) in [5.74, 6) is -0.138. The lowest BCUT2D eigenvalue weighted by molar-refractivity contribution is -0.115. The molecule has 1 atom stereocenters. The highest BCUT2D eigenvalue weighted by Crippen LogP contribution is 2.21. The number of ketones is 1. The number of hydrogen-bond acceptors (Lipinski definition) is 2. The van der Waals surface area contributed by atoms with Crippen molar-refractivity contribution in [2.24, 2.45) is 5.73 Å². The van der Waals surface area contributed by atoms with Crippen LogP contribution in [0.3, 0.4) is 0 Å². The highest BCUT2D eigenvalue weighted by Gasteiger charge is 2.14. The fourth-order valence-corrected chi connectivity index (χ4v) is 1.40. The molecular formula is C11H12ClNO. The number of hydrogen-bond donors (Lipinski definition) is 1. The topological polar surface area (TPSA) is 43.1 Å². The summed E-state index contributed by atoms with van der Waals surface area (Å²) in [6.07, 6.45) is 3.12. The summed E-state index contributed by atoms with van der Waals surface area (Å²) in [6.45, 7) is 1.78. The van der Waals surface area contributed by atoms with Gasteiger partial charge in [-0.2, -0.15) is 0 Å². The van der Waals surface area contributed by atoms with Crippen molar-refractivity contribution in [1.82, 2.24) is 0 Å². The zero-order chi connectivity index (χ0) is 10.6. The smallest absolute Gasteiger partial charge is 0.176 e. The third-order valence-corrected chi connectivity index (χ3v) is 2.22. The molecule has 0 amide bonds. The van der Waals surface area contributed by atoms with Crippen LogP contribution in [0.4, 0.5) is 0 Å². The third kappa shape index (κ3) is 2.44. The number of halogens is 1. The molecule has 0 spiro atoms. The van der Waals surface area contributed by atoms with Gasteiger partial charge in [0.25, 0.3) is 0 Å². The third-order valence-electron chi connectivity index (χ3n) is 1.88. The Labute approximate surface area is 88.4 Å². The molecular weight excluding hydrogens is 198 g/mol. The summed E-state index contributed by atoms with van der Waals surface area (Å²) < 4.78 is 0. The number of allylic oxidation sites excluding steroid dienone is 1. The molecule has 1 unspecified atom stereocenters. The van der Waals surface area contributed by atoms with Gasteiger partial charge < -0.3 is 5.73 Å². The van der Waals surface area contributed by atoms with E-state index >= 15 is 0 Å². The molecule has 0 aliphatic carbocycles. The van der Waals surface area contributed by atoms with Gasteiger partial charge in [0, 0.05) is 5.02 Å². The minimum Gasteiger partial charge on any atom is -0.317 e. The Morgan fingerprint density at radius 1 is 1.50 bits per heavy atom. The highest BCUT2D eigenvalue weighted by molar-refractivity contribution is 6.31. The predicted octanol–water partition coefficient (Wildman–Crippen LogP) is 2.49. The SMILES string of the molecule is C/C=C\C(=O)C(N)c1ccccc1Cl. The molecule has 14 heavy (non-hydrogen) atoms. The summed E-state index contributed by atoms with van der Waals surface area (Å²) >= 11 is 5.91. The van der Waals surface area contributed by atoms with Crippen molar-refractivity contribution in [3.05, 3.63) is 47.0 Å². The first-order valence-electron chi connectivity index (χ1n) is 4.33. The Kier molecular flexibility index (Phi) is 3.86. The molecule has 0 heterocycles. The average Bonchev–Trinajstić information content (AvgIpc) is 2.18. The highest BCUT2D eigenvalue weighted by atomic mass is 35.5. The van der Waals surface area contributed by atoms with E-state index in [0.29, 0.717) is 10.6 Å². The molecule has 2 N–H and O–H groups in total. The maximum atomic E-state index is 11.4. The van der Waals surface area contributed by atoms with Crippen LogP contribution in [0.15, 0.2) is 36.4 Å². The first-order valence-corrected chi connectivity index (χ1v) is 4.71. The lowest BCUT2D eigenvalue weighted by Gasteiger charge is -2.09. The maximum absolute atomic E-state index is 11.4. The largest absolute Gasteiger partial charge is 0.317 e. The number of rotatable bonds is 3. The lowest BCUT2D eigenvalue weighted by atomic mass is 10.0. The Balaban J connectivity index is 2.95. The first kappa shape index (κ1) is 11.0. The molecule has 1 aromatic carbocycles. The molecule has 1 rings (SSSR count). The van der Waals surface area contributed by atoms with Crippen molar-refractivity contribution in [2.45, 2.75) is 13.0 Å². The van der Waals surface area contributed by atoms with Crippen molar-refractivity contribution >= 4 is 17.4 Å². The van der Waals surface area contributed by atoms with Gasteiger partial charge in [-0.3, -0.25) is 4.79 Å². The van der Waals surface area contributed by atoms with Gasteiger partial charge in [-0.15, -0.1) is 0 Å². The number of nitrogens with two attached hydrogens (primary N) is 1. The summed E-state index contributed by atoms with van der Waals surface area (Å²) in [5, 5.41) is 0.526. The zero-order valence-corrected chi connectivity index (χ0v) is 8.66. The van der Waals surface area contributed by atoms with Crippen LogP contribution >= 0.6 is 11.6 Å². The van der Waals surface area contributed by atoms with Gasteiger partial charge >= 0.3 is 0 Å². The van der Waals surface area contributed by atoms with Crippen LogP contribution in [0.1, 0.15) is 18.5 Å². The van der Waals surface area contributed by atoms with E-state index in [4.69, 9.17) is 17.3 Å². The molecule has 3 heteroatoms. The summed E-state index contributed by atoms with van der Waals surface area (Å²) in [7, 11) is 0. The second kappa shape index (κ2) is 4.94. The molecule has 0 aromatic heterocycles. The van der Waals surface area contributed by atoms with E-state index in [1.54, 1.807) is 31.2 Å². The van der Waals surface area contributed by atoms with E-state index < -0.39 is 6.04 Å². The van der Waals surface area contributed by atoms with Crippen molar-refractivity contribution < 1.29 is 4.79 Å². The van der Waals surface area contributed by atoms with Gasteiger partial charge in [0.1, 0.15) is 0 Å². The first-order chi connectivity index (χ1) is 6.66. The normalized spacial score (nSPS) is 13.1. The number of carbonyl (C=O) groups excluding carboxylic acids is 1. The van der Waals surface area contributed by atoms with Crippen molar-refractivity contribution in [3.63, 3.8) is 0 Å². The molecule has 0 saturated carbocycles. The average molecular weight is 210 g/mol. The van der Waals surface area contributed by atoms with Crippen LogP contribution in [-0.2, 0) is 4.79 Å². The van der Waals surface area contributed by atoms with E-state index in [0.717, 1.165) is 0 Å². The zero-order valence-electron chi connectivity index (χ0n) is 7.91. The van der Waals surface area contributed by atoms with E-state index in [2.05, 4.69) is 0 Å². The standard InChI is InChI=1S/C11H12ClNO/c1-2-5-10(14)11(13)8-6-3-4-7-9(8)12/h2-7,11H,13H2,1H3/b5-2-. The number of carbonyl (C=O) groups is 1. The number of benzene rings is 1. The van der Waals surface area contributed by atoms with Crippen molar-refractivity contribution in [3.8, 4) is 0 Å². The van der Waals surface area contributed by atoms with Gasteiger partial charge in [0.05, 0.1) is 6.04 Å². The van der Waals surface area contributed by atoms with Crippen LogP contribution in [0, 0.1) is 0 Å². The molecule has 0 aliphatic rings. The Hall–Kier alpha value is -1.12. The van der Waals surface area contributed by atoms with E-state index in [1.807, 2.05) is 6.07 Å². The molecule has 1 aromatic rings. The molecule has 0 aliphatic heterocycles. The summed E-state index contributed by atoms with van der Waals surface area (Å²) in [5.41, 5.74) is 6.40. The van der Waals surface area contributed by atoms with Crippen molar-refractivity contribution in [1.29, 1.82) is 0 Å². The van der Waals surface area contributed by atoms with Gasteiger partial charge in [-0.05, 0) is 24.6 Å². The van der Waals surface area contributed by atoms with Gasteiger partial charge in [-0.1, -0.05) is 35.9 Å². The lowest BCUT2D eigenvalue weighted by Crippen LogP contribution is -2.19. The molecule has 0 fully saturated rings. The van der Waals surface area contributed by atoms with Crippen LogP contribution in [-0.4, -0.2) is 5.78 Å². The van der Waals surface area contributed by atoms with Crippen LogP contribution in [0.5, 0.6) is 0 Å². The monoisotopic (exact) mass is 209 g/mol. The quantitative estimate of drug-likeness (QED) is 0.778. The van der Waals surface area contributed by atoms with Crippen LogP contribution in [0.25, 0.3) is 0 Å². The van der Waals surface area contributed by atoms with Gasteiger partial charge in [0.15, 0.2) is 5.78 Å². The summed E-state index contributed by atoms with van der Waals surface area (Å²) in [4.78, 5) is 11.4. The summed E-state index contributed by atoms with van der Waals surface area (Å²) in [6, 6.07) is 6.43. The van der Waals surface area contributed by atoms with E-state index in [9.17, 15) is 4.79 Å². The van der Waals surface area contributed by atoms with Gasteiger partial charge in [0.2, 0.25) is 0 Å². The van der Waals surface area contributed by atoms with E-state index in [1.165, 1.54) is 6.08 Å². The Morgan fingerprint density at radius 3 is 2.71 bits per heavy atom.